The molecule has 0 radical (unpaired) electrons. The van der Waals surface area contributed by atoms with Crippen LogP contribution in [0.25, 0.3) is 22.2 Å². The molecule has 3 N–H and O–H groups in total. The maximum Gasteiger partial charge on any atom is 0.276 e. The maximum atomic E-state index is 11.7. The van der Waals surface area contributed by atoms with Gasteiger partial charge in [-0.25, -0.2) is 15.1 Å². The second-order valence-corrected chi connectivity index (χ2v) is 8.07. The summed E-state index contributed by atoms with van der Waals surface area (Å²) in [6.45, 7) is 1.87. The first-order valence-electron chi connectivity index (χ1n) is 8.82. The minimum absolute atomic E-state index is 0.313. The van der Waals surface area contributed by atoms with Crippen molar-refractivity contribution in [3.05, 3.63) is 30.7 Å². The summed E-state index contributed by atoms with van der Waals surface area (Å²) in [5.41, 5.74) is 2.45. The molecule has 0 amide bonds. The van der Waals surface area contributed by atoms with E-state index in [0.29, 0.717) is 38.3 Å². The number of nitrogens with one attached hydrogen (secondary N) is 1. The molecule has 0 unspecified atom stereocenters. The number of aromatic amines is 1. The Morgan fingerprint density at radius 1 is 1.18 bits per heavy atom. The lowest BCUT2D eigenvalue weighted by atomic mass is 10.1. The van der Waals surface area contributed by atoms with E-state index in [-0.39, 0.29) is 0 Å². The molecule has 0 aliphatic carbocycles. The van der Waals surface area contributed by atoms with Gasteiger partial charge in [0.2, 0.25) is 0 Å². The van der Waals surface area contributed by atoms with Gasteiger partial charge in [-0.2, -0.15) is 17.8 Å². The van der Waals surface area contributed by atoms with Gasteiger partial charge < -0.3 is 9.64 Å². The number of methoxy groups -OCH3 is 1. The van der Waals surface area contributed by atoms with Crippen molar-refractivity contribution in [3.63, 3.8) is 0 Å². The topological polar surface area (TPSA) is 130 Å². The lowest BCUT2D eigenvalue weighted by Crippen LogP contribution is -2.39. The van der Waals surface area contributed by atoms with Gasteiger partial charge >= 0.3 is 0 Å². The fraction of sp³-hybridized carbons (Fsp3) is 0.353. The molecule has 0 spiro atoms. The van der Waals surface area contributed by atoms with Crippen molar-refractivity contribution in [3.8, 4) is 17.0 Å². The van der Waals surface area contributed by atoms with Crippen LogP contribution >= 0.6 is 0 Å². The number of nitrogens with two attached hydrogens (primary N) is 1. The number of benzene rings is 1. The normalized spacial score (nSPS) is 16.3. The van der Waals surface area contributed by atoms with Crippen LogP contribution in [0, 0.1) is 0 Å². The van der Waals surface area contributed by atoms with Crippen LogP contribution in [0.2, 0.25) is 0 Å². The third-order valence-electron chi connectivity index (χ3n) is 4.84. The van der Waals surface area contributed by atoms with Crippen molar-refractivity contribution in [2.45, 2.75) is 6.42 Å². The minimum atomic E-state index is -3.69. The summed E-state index contributed by atoms with van der Waals surface area (Å²) in [5, 5.41) is 13.1. The number of rotatable bonds is 4. The van der Waals surface area contributed by atoms with E-state index in [0.717, 1.165) is 28.0 Å². The molecule has 148 valence electrons. The molecule has 0 bridgehead atoms. The third-order valence-corrected chi connectivity index (χ3v) is 5.93. The first kappa shape index (κ1) is 18.6. The van der Waals surface area contributed by atoms with Crippen LogP contribution in [-0.2, 0) is 10.2 Å². The summed E-state index contributed by atoms with van der Waals surface area (Å²) in [7, 11) is -2.08. The average Bonchev–Trinajstić information content (AvgIpc) is 3.09. The zero-order chi connectivity index (χ0) is 19.7. The zero-order valence-electron chi connectivity index (χ0n) is 15.4. The van der Waals surface area contributed by atoms with E-state index in [1.165, 1.54) is 10.6 Å². The molecule has 3 aromatic rings. The zero-order valence-corrected chi connectivity index (χ0v) is 16.2. The predicted octanol–water partition coefficient (Wildman–Crippen LogP) is 0.744. The Kier molecular flexibility index (Phi) is 4.87. The number of nitrogens with zero attached hydrogens (tertiary/aromatic N) is 5. The largest absolute Gasteiger partial charge is 0.496 e. The first-order valence-corrected chi connectivity index (χ1v) is 10.3. The fourth-order valence-electron chi connectivity index (χ4n) is 3.47. The van der Waals surface area contributed by atoms with Crippen molar-refractivity contribution in [1.29, 1.82) is 0 Å². The highest BCUT2D eigenvalue weighted by Gasteiger charge is 2.24. The highest BCUT2D eigenvalue weighted by atomic mass is 32.2. The molecule has 3 heterocycles. The average molecular weight is 403 g/mol. The molecule has 1 fully saturated rings. The van der Waals surface area contributed by atoms with Gasteiger partial charge in [0.25, 0.3) is 10.2 Å². The number of hydrogen-bond donors (Lipinski definition) is 2. The van der Waals surface area contributed by atoms with E-state index < -0.39 is 10.2 Å². The fourth-order valence-corrected chi connectivity index (χ4v) is 4.19. The van der Waals surface area contributed by atoms with E-state index >= 15 is 0 Å². The Bertz CT molecular complexity index is 1090. The van der Waals surface area contributed by atoms with Crippen LogP contribution < -0.4 is 14.8 Å². The molecule has 10 nitrogen and oxygen atoms in total. The molecule has 1 aromatic carbocycles. The van der Waals surface area contributed by atoms with Gasteiger partial charge in [-0.15, -0.1) is 0 Å². The van der Waals surface area contributed by atoms with Crippen LogP contribution in [0.5, 0.6) is 5.75 Å². The van der Waals surface area contributed by atoms with Gasteiger partial charge in [0.15, 0.2) is 0 Å². The monoisotopic (exact) mass is 403 g/mol. The van der Waals surface area contributed by atoms with Crippen molar-refractivity contribution in [2.75, 3.05) is 38.2 Å². The highest BCUT2D eigenvalue weighted by Crippen LogP contribution is 2.35. The molecule has 0 saturated carbocycles. The second kappa shape index (κ2) is 7.34. The van der Waals surface area contributed by atoms with Gasteiger partial charge in [-0.1, -0.05) is 0 Å². The Morgan fingerprint density at radius 2 is 2.04 bits per heavy atom. The van der Waals surface area contributed by atoms with Crippen molar-refractivity contribution in [1.82, 2.24) is 24.5 Å². The summed E-state index contributed by atoms with van der Waals surface area (Å²) < 4.78 is 30.2. The van der Waals surface area contributed by atoms with Crippen molar-refractivity contribution < 1.29 is 13.2 Å². The van der Waals surface area contributed by atoms with Gasteiger partial charge in [0.05, 0.1) is 18.3 Å². The molecule has 1 aliphatic heterocycles. The number of H-pyrrole nitrogens is 1. The van der Waals surface area contributed by atoms with Crippen molar-refractivity contribution >= 4 is 26.9 Å². The smallest absolute Gasteiger partial charge is 0.276 e. The predicted molar refractivity (Wildman–Crippen MR) is 105 cm³/mol. The Balaban J connectivity index is 1.74. The van der Waals surface area contributed by atoms with Crippen LogP contribution in [0.15, 0.2) is 30.7 Å². The van der Waals surface area contributed by atoms with E-state index in [2.05, 4.69) is 25.1 Å². The number of ether oxygens (including phenoxy) is 1. The number of fused-ring (bicyclic) bond motifs is 1. The molecule has 4 rings (SSSR count). The van der Waals surface area contributed by atoms with Gasteiger partial charge in [-0.05, 0) is 24.6 Å². The van der Waals surface area contributed by atoms with E-state index in [1.54, 1.807) is 13.3 Å². The molecule has 2 aromatic heterocycles. The highest BCUT2D eigenvalue weighted by molar-refractivity contribution is 7.86. The summed E-state index contributed by atoms with van der Waals surface area (Å²) in [6.07, 6.45) is 3.85. The lowest BCUT2D eigenvalue weighted by Gasteiger charge is -2.23. The summed E-state index contributed by atoms with van der Waals surface area (Å²) >= 11 is 0. The maximum absolute atomic E-state index is 11.7. The number of hydrogen-bond acceptors (Lipinski definition) is 7. The Labute approximate surface area is 162 Å². The summed E-state index contributed by atoms with van der Waals surface area (Å²) in [5.74, 6) is 1.42. The number of anilines is 1. The SMILES string of the molecule is COc1cc2c(N3CCCN(S(N)(=O)=O)CC3)ncnc2cc1-c1ccn[nH]1. The van der Waals surface area contributed by atoms with Crippen LogP contribution in [0.1, 0.15) is 6.42 Å². The summed E-state index contributed by atoms with van der Waals surface area (Å²) in [4.78, 5) is 10.9. The van der Waals surface area contributed by atoms with Crippen molar-refractivity contribution in [2.24, 2.45) is 5.14 Å². The van der Waals surface area contributed by atoms with E-state index in [1.807, 2.05) is 18.2 Å². The van der Waals surface area contributed by atoms with Gasteiger partial charge in [-0.3, -0.25) is 5.10 Å². The molecule has 0 atom stereocenters. The first-order chi connectivity index (χ1) is 13.5. The van der Waals surface area contributed by atoms with Crippen LogP contribution in [-0.4, -0.2) is 66.2 Å². The molecule has 1 saturated heterocycles. The Hall–Kier alpha value is -2.76. The standard InChI is InChI=1S/C17H21N7O3S/c1-27-16-10-13-15(9-12(16)14-3-4-21-22-14)19-11-20-17(13)23-5-2-6-24(8-7-23)28(18,25)26/h3-4,9-11H,2,5-8H2,1H3,(H,21,22)(H2,18,25,26). The van der Waals surface area contributed by atoms with Crippen LogP contribution in [0.3, 0.4) is 0 Å². The number of aromatic nitrogens is 4. The Morgan fingerprint density at radius 3 is 2.75 bits per heavy atom. The van der Waals surface area contributed by atoms with Gasteiger partial charge in [0, 0.05) is 43.3 Å². The van der Waals surface area contributed by atoms with E-state index in [4.69, 9.17) is 9.88 Å². The van der Waals surface area contributed by atoms with Gasteiger partial charge in [0.1, 0.15) is 17.9 Å². The molecular formula is C17H21N7O3S. The second-order valence-electron chi connectivity index (χ2n) is 6.52. The molecule has 11 heteroatoms. The molecule has 28 heavy (non-hydrogen) atoms. The van der Waals surface area contributed by atoms with Crippen LogP contribution in [0.4, 0.5) is 5.82 Å². The van der Waals surface area contributed by atoms with E-state index in [9.17, 15) is 8.42 Å². The third kappa shape index (κ3) is 3.51. The molecular weight excluding hydrogens is 382 g/mol. The summed E-state index contributed by atoms with van der Waals surface area (Å²) in [6, 6.07) is 5.70. The lowest BCUT2D eigenvalue weighted by molar-refractivity contribution is 0.417. The minimum Gasteiger partial charge on any atom is -0.496 e. The quantitative estimate of drug-likeness (QED) is 0.657. The molecule has 1 aliphatic rings.